The van der Waals surface area contributed by atoms with Crippen LogP contribution in [0.3, 0.4) is 0 Å². The summed E-state index contributed by atoms with van der Waals surface area (Å²) in [5, 5.41) is 1.61. The van der Waals surface area contributed by atoms with Crippen molar-refractivity contribution in [3.8, 4) is 0 Å². The first-order chi connectivity index (χ1) is 12.2. The molecule has 2 heterocycles. The first-order valence-corrected chi connectivity index (χ1v) is 12.3. The van der Waals surface area contributed by atoms with Gasteiger partial charge in [0.1, 0.15) is 0 Å². The Labute approximate surface area is 164 Å². The fourth-order valence-corrected chi connectivity index (χ4v) is 6.90. The Balaban J connectivity index is 1.46. The summed E-state index contributed by atoms with van der Waals surface area (Å²) in [6.07, 6.45) is 9.08. The van der Waals surface area contributed by atoms with Crippen molar-refractivity contribution < 1.29 is 4.79 Å². The van der Waals surface area contributed by atoms with E-state index < -0.39 is 0 Å². The fraction of sp³-hybridized carbons (Fsp3) is 0.650. The number of unbranched alkanes of at least 4 members (excludes halogenated alkanes) is 1. The molecule has 3 rings (SSSR count). The van der Waals surface area contributed by atoms with Crippen molar-refractivity contribution in [1.29, 1.82) is 0 Å². The minimum Gasteiger partial charge on any atom is -0.342 e. The third-order valence-electron chi connectivity index (χ3n) is 5.26. The first-order valence-electron chi connectivity index (χ1n) is 9.54. The largest absolute Gasteiger partial charge is 0.342 e. The zero-order chi connectivity index (χ0) is 17.5. The average Bonchev–Trinajstić information content (AvgIpc) is 3.02. The van der Waals surface area contributed by atoms with E-state index in [1.165, 1.54) is 43.4 Å². The second kappa shape index (κ2) is 10.1. The van der Waals surface area contributed by atoms with E-state index in [-0.39, 0.29) is 0 Å². The molecule has 2 nitrogen and oxygen atoms in total. The molecule has 138 valence electrons. The predicted molar refractivity (Wildman–Crippen MR) is 112 cm³/mol. The van der Waals surface area contributed by atoms with Crippen LogP contribution < -0.4 is 0 Å². The Kier molecular flexibility index (Phi) is 7.88. The summed E-state index contributed by atoms with van der Waals surface area (Å²) in [5.74, 6) is 2.11. The van der Waals surface area contributed by atoms with E-state index in [0.29, 0.717) is 11.8 Å². The second-order valence-electron chi connectivity index (χ2n) is 7.16. The van der Waals surface area contributed by atoms with Crippen LogP contribution in [-0.4, -0.2) is 34.9 Å². The molecule has 2 saturated heterocycles. The zero-order valence-electron chi connectivity index (χ0n) is 14.8. The Morgan fingerprint density at radius 1 is 1.16 bits per heavy atom. The summed E-state index contributed by atoms with van der Waals surface area (Å²) in [5.41, 5.74) is 1.32. The molecule has 1 aromatic rings. The monoisotopic (exact) mass is 397 g/mol. The molecular weight excluding hydrogens is 370 g/mol. The summed E-state index contributed by atoms with van der Waals surface area (Å²) < 4.78 is 0. The smallest absolute Gasteiger partial charge is 0.222 e. The molecule has 5 heteroatoms. The van der Waals surface area contributed by atoms with Crippen LogP contribution in [0.5, 0.6) is 0 Å². The number of hydrogen-bond donors (Lipinski definition) is 0. The number of halogens is 1. The lowest BCUT2D eigenvalue weighted by Gasteiger charge is -2.25. The van der Waals surface area contributed by atoms with E-state index in [9.17, 15) is 4.79 Å². The third-order valence-corrected chi connectivity index (χ3v) is 8.52. The highest BCUT2D eigenvalue weighted by atomic mass is 35.5. The van der Waals surface area contributed by atoms with Crippen molar-refractivity contribution in [2.45, 2.75) is 62.5 Å². The van der Waals surface area contributed by atoms with Crippen molar-refractivity contribution in [3.63, 3.8) is 0 Å². The number of hydrogen-bond acceptors (Lipinski definition) is 3. The summed E-state index contributed by atoms with van der Waals surface area (Å²) in [6.45, 7) is 1.80. The van der Waals surface area contributed by atoms with Gasteiger partial charge in [-0.1, -0.05) is 58.2 Å². The van der Waals surface area contributed by atoms with Gasteiger partial charge in [-0.25, -0.2) is 0 Å². The highest BCUT2D eigenvalue weighted by Gasteiger charge is 2.23. The second-order valence-corrected chi connectivity index (χ2v) is 10.4. The van der Waals surface area contributed by atoms with Crippen LogP contribution in [0.4, 0.5) is 0 Å². The molecule has 0 N–H and O–H groups in total. The molecule has 0 radical (unpaired) electrons. The summed E-state index contributed by atoms with van der Waals surface area (Å²) in [7, 11) is 4.05. The molecule has 0 aliphatic carbocycles. The van der Waals surface area contributed by atoms with Gasteiger partial charge in [-0.15, -0.1) is 0 Å². The summed E-state index contributed by atoms with van der Waals surface area (Å²) in [6, 6.07) is 8.18. The zero-order valence-corrected chi connectivity index (χ0v) is 17.2. The molecule has 2 atom stereocenters. The van der Waals surface area contributed by atoms with Crippen LogP contribution in [0.25, 0.3) is 0 Å². The van der Waals surface area contributed by atoms with Gasteiger partial charge in [-0.05, 0) is 49.8 Å². The van der Waals surface area contributed by atoms with E-state index in [1.54, 1.807) is 0 Å². The highest BCUT2D eigenvalue weighted by Crippen LogP contribution is 2.40. The van der Waals surface area contributed by atoms with Gasteiger partial charge in [-0.2, -0.15) is 0 Å². The molecule has 2 fully saturated rings. The maximum Gasteiger partial charge on any atom is 0.222 e. The van der Waals surface area contributed by atoms with Crippen molar-refractivity contribution in [2.75, 3.05) is 18.8 Å². The van der Waals surface area contributed by atoms with Gasteiger partial charge in [0.05, 0.1) is 0 Å². The van der Waals surface area contributed by atoms with Crippen molar-refractivity contribution in [1.82, 2.24) is 4.90 Å². The van der Waals surface area contributed by atoms with Gasteiger partial charge in [-0.3, -0.25) is 4.79 Å². The van der Waals surface area contributed by atoms with Crippen LogP contribution in [0.15, 0.2) is 24.3 Å². The number of likely N-dealkylation sites (tertiary alicyclic amines) is 1. The number of benzene rings is 1. The van der Waals surface area contributed by atoms with E-state index in [4.69, 9.17) is 11.6 Å². The molecule has 0 saturated carbocycles. The predicted octanol–water partition coefficient (Wildman–Crippen LogP) is 6.15. The number of rotatable bonds is 6. The Morgan fingerprint density at radius 3 is 2.76 bits per heavy atom. The quantitative estimate of drug-likeness (QED) is 0.424. The first kappa shape index (κ1) is 19.4. The normalized spacial score (nSPS) is 24.3. The summed E-state index contributed by atoms with van der Waals surface area (Å²) in [4.78, 5) is 14.8. The fourth-order valence-electron chi connectivity index (χ4n) is 3.75. The summed E-state index contributed by atoms with van der Waals surface area (Å²) >= 11 is 6.01. The van der Waals surface area contributed by atoms with Gasteiger partial charge < -0.3 is 4.90 Å². The van der Waals surface area contributed by atoms with Gasteiger partial charge in [0.25, 0.3) is 0 Å². The lowest BCUT2D eigenvalue weighted by Crippen LogP contribution is -2.33. The van der Waals surface area contributed by atoms with Gasteiger partial charge in [0.15, 0.2) is 0 Å². The Morgan fingerprint density at radius 2 is 2.00 bits per heavy atom. The molecule has 2 aliphatic rings. The Bertz CT molecular complexity index is 545. The minimum atomic E-state index is 0.356. The van der Waals surface area contributed by atoms with Crippen LogP contribution in [-0.2, 0) is 4.79 Å². The molecule has 25 heavy (non-hydrogen) atoms. The van der Waals surface area contributed by atoms with E-state index in [2.05, 4.69) is 17.0 Å². The van der Waals surface area contributed by atoms with Gasteiger partial charge in [0.2, 0.25) is 5.91 Å². The minimum absolute atomic E-state index is 0.356. The molecule has 2 unspecified atom stereocenters. The van der Waals surface area contributed by atoms with Gasteiger partial charge >= 0.3 is 0 Å². The van der Waals surface area contributed by atoms with Crippen molar-refractivity contribution in [3.05, 3.63) is 34.9 Å². The van der Waals surface area contributed by atoms with Crippen LogP contribution in [0, 0.1) is 0 Å². The molecule has 0 spiro atoms. The van der Waals surface area contributed by atoms with Crippen LogP contribution in [0.2, 0.25) is 5.02 Å². The van der Waals surface area contributed by atoms with Crippen LogP contribution >= 0.6 is 33.2 Å². The molecule has 1 aromatic carbocycles. The molecule has 1 amide bonds. The SMILES string of the molecule is O=C(CCCCC1CCSS1)N1CCCCC(c2ccc(Cl)cc2)C1. The Hall–Kier alpha value is -0.320. The topological polar surface area (TPSA) is 20.3 Å². The standard InChI is InChI=1S/C20H28ClNOS2/c21-18-10-8-16(9-11-18)17-5-3-4-13-22(15-17)20(23)7-2-1-6-19-12-14-24-25-19/h8-11,17,19H,1-7,12-15H2. The third kappa shape index (κ3) is 6.11. The average molecular weight is 398 g/mol. The maximum atomic E-state index is 12.7. The molecular formula is C20H28ClNOS2. The number of nitrogens with zero attached hydrogens (tertiary/aromatic N) is 1. The van der Waals surface area contributed by atoms with Gasteiger partial charge in [0, 0.05) is 41.5 Å². The maximum absolute atomic E-state index is 12.7. The van der Waals surface area contributed by atoms with Crippen molar-refractivity contribution >= 4 is 39.1 Å². The molecule has 2 aliphatic heterocycles. The number of carbonyl (C=O) groups is 1. The highest BCUT2D eigenvalue weighted by molar-refractivity contribution is 8.77. The molecule has 0 bridgehead atoms. The van der Waals surface area contributed by atoms with E-state index >= 15 is 0 Å². The van der Waals surface area contributed by atoms with Crippen molar-refractivity contribution in [2.24, 2.45) is 0 Å². The van der Waals surface area contributed by atoms with E-state index in [0.717, 1.165) is 42.6 Å². The number of amides is 1. The van der Waals surface area contributed by atoms with Crippen LogP contribution in [0.1, 0.15) is 62.8 Å². The lowest BCUT2D eigenvalue weighted by atomic mass is 9.94. The molecule has 0 aromatic heterocycles. The van der Waals surface area contributed by atoms with E-state index in [1.807, 2.05) is 33.7 Å². The lowest BCUT2D eigenvalue weighted by molar-refractivity contribution is -0.131. The number of carbonyl (C=O) groups excluding carboxylic acids is 1.